The van der Waals surface area contributed by atoms with Gasteiger partial charge in [0.15, 0.2) is 22.3 Å². The molecule has 0 saturated heterocycles. The Hall–Kier alpha value is -1.18. The zero-order valence-electron chi connectivity index (χ0n) is 13.1. The number of halogens is 5. The lowest BCUT2D eigenvalue weighted by Crippen LogP contribution is -2.20. The van der Waals surface area contributed by atoms with E-state index in [1.807, 2.05) is 0 Å². The highest BCUT2D eigenvalue weighted by molar-refractivity contribution is 7.99. The summed E-state index contributed by atoms with van der Waals surface area (Å²) >= 11 is 12.0. The molecule has 0 aromatic heterocycles. The number of nitrogens with two attached hydrogens (primary N) is 1. The van der Waals surface area contributed by atoms with Gasteiger partial charge in [-0.3, -0.25) is 4.72 Å². The predicted octanol–water partition coefficient (Wildman–Crippen LogP) is 3.58. The van der Waals surface area contributed by atoms with E-state index in [0.717, 1.165) is 0 Å². The van der Waals surface area contributed by atoms with Gasteiger partial charge in [-0.1, -0.05) is 35.0 Å². The molecule has 0 spiro atoms. The van der Waals surface area contributed by atoms with Crippen LogP contribution in [0.1, 0.15) is 0 Å². The highest BCUT2D eigenvalue weighted by atomic mass is 35.5. The van der Waals surface area contributed by atoms with Crippen molar-refractivity contribution in [2.45, 2.75) is 14.7 Å². The average molecular weight is 481 g/mol. The minimum atomic E-state index is -5.01. The minimum Gasteiger partial charge on any atom is -0.279 e. The summed E-state index contributed by atoms with van der Waals surface area (Å²) in [7, 11) is -9.20. The highest BCUT2D eigenvalue weighted by Gasteiger charge is 2.32. The van der Waals surface area contributed by atoms with Gasteiger partial charge in [0, 0.05) is 9.92 Å². The molecule has 0 aliphatic carbocycles. The second-order valence-corrected chi connectivity index (χ2v) is 10.2. The number of hydrogen-bond donors (Lipinski definition) is 2. The number of nitrogens with one attached hydrogen (secondary N) is 1. The minimum absolute atomic E-state index is 0.0286. The highest BCUT2D eigenvalue weighted by Crippen LogP contribution is 2.43. The van der Waals surface area contributed by atoms with Gasteiger partial charge in [0.05, 0.1) is 16.2 Å². The summed E-state index contributed by atoms with van der Waals surface area (Å²) in [5.41, 5.74) is -1.13. The molecule has 0 bridgehead atoms. The molecule has 27 heavy (non-hydrogen) atoms. The van der Waals surface area contributed by atoms with E-state index in [2.05, 4.69) is 0 Å². The van der Waals surface area contributed by atoms with Crippen LogP contribution in [-0.2, 0) is 20.0 Å². The van der Waals surface area contributed by atoms with Crippen molar-refractivity contribution < 1.29 is 30.0 Å². The van der Waals surface area contributed by atoms with Crippen LogP contribution >= 0.6 is 35.0 Å². The molecule has 3 N–H and O–H groups in total. The van der Waals surface area contributed by atoms with Gasteiger partial charge in [-0.25, -0.2) is 35.1 Å². The normalized spacial score (nSPS) is 12.3. The molecule has 0 unspecified atom stereocenters. The van der Waals surface area contributed by atoms with Crippen LogP contribution < -0.4 is 9.86 Å². The van der Waals surface area contributed by atoms with E-state index in [-0.39, 0.29) is 14.9 Å². The number of hydrogen-bond acceptors (Lipinski definition) is 5. The van der Waals surface area contributed by atoms with Crippen molar-refractivity contribution in [1.29, 1.82) is 0 Å². The fraction of sp³-hybridized carbons (Fsp3) is 0.0769. The third-order valence-electron chi connectivity index (χ3n) is 2.92. The van der Waals surface area contributed by atoms with E-state index in [0.29, 0.717) is 18.0 Å². The van der Waals surface area contributed by atoms with Crippen LogP contribution in [0.15, 0.2) is 32.9 Å². The Balaban J connectivity index is 2.84. The number of anilines is 1. The monoisotopic (exact) mass is 480 g/mol. The largest absolute Gasteiger partial charge is 0.279 e. The van der Waals surface area contributed by atoms with Crippen molar-refractivity contribution in [3.63, 3.8) is 0 Å². The van der Waals surface area contributed by atoms with Crippen LogP contribution in [-0.4, -0.2) is 23.1 Å². The topological polar surface area (TPSA) is 106 Å². The smallest absolute Gasteiger partial charge is 0.244 e. The molecule has 0 saturated carbocycles. The van der Waals surface area contributed by atoms with Crippen LogP contribution in [0.4, 0.5) is 18.9 Å². The summed E-state index contributed by atoms with van der Waals surface area (Å²) in [6.45, 7) is 0. The van der Waals surface area contributed by atoms with E-state index in [1.165, 1.54) is 18.2 Å². The zero-order chi connectivity index (χ0) is 20.7. The molecule has 2 rings (SSSR count). The standard InChI is InChI=1S/C13H9Cl2F3N2O4S3/c1-26(21,22)20-11-8(16)9(17)13(27(19,23)24)10(18)12(11)25-7-3-2-5(14)4-6(7)15/h2-4,20H,1H3,(H2,19,23,24). The summed E-state index contributed by atoms with van der Waals surface area (Å²) in [5.74, 6) is -5.88. The summed E-state index contributed by atoms with van der Waals surface area (Å²) < 4.78 is 90.7. The Bertz CT molecular complexity index is 1140. The van der Waals surface area contributed by atoms with Gasteiger partial charge in [0.1, 0.15) is 5.69 Å². The van der Waals surface area contributed by atoms with E-state index >= 15 is 0 Å². The molecule has 0 aliphatic heterocycles. The first-order chi connectivity index (χ1) is 12.2. The molecule has 0 radical (unpaired) electrons. The summed E-state index contributed by atoms with van der Waals surface area (Å²) in [6, 6.07) is 3.89. The second kappa shape index (κ2) is 7.68. The SMILES string of the molecule is CS(=O)(=O)Nc1c(F)c(F)c(S(N)(=O)=O)c(F)c1Sc1ccc(Cl)cc1Cl. The molecule has 0 fully saturated rings. The number of primary sulfonamides is 1. The predicted molar refractivity (Wildman–Crippen MR) is 96.7 cm³/mol. The summed E-state index contributed by atoms with van der Waals surface area (Å²) in [4.78, 5) is -2.57. The van der Waals surface area contributed by atoms with Gasteiger partial charge in [-0.2, -0.15) is 0 Å². The first kappa shape index (κ1) is 22.1. The lowest BCUT2D eigenvalue weighted by atomic mass is 10.3. The number of benzene rings is 2. The van der Waals surface area contributed by atoms with E-state index in [9.17, 15) is 30.0 Å². The van der Waals surface area contributed by atoms with E-state index < -0.39 is 53.0 Å². The van der Waals surface area contributed by atoms with Crippen molar-refractivity contribution in [2.24, 2.45) is 5.14 Å². The Labute approximate surface area is 166 Å². The Morgan fingerprint density at radius 1 is 1.04 bits per heavy atom. The molecule has 2 aromatic carbocycles. The lowest BCUT2D eigenvalue weighted by molar-refractivity contribution is 0.451. The molecule has 6 nitrogen and oxygen atoms in total. The maximum atomic E-state index is 14.8. The van der Waals surface area contributed by atoms with E-state index in [4.69, 9.17) is 28.3 Å². The van der Waals surface area contributed by atoms with Crippen LogP contribution in [0.5, 0.6) is 0 Å². The molecular formula is C13H9Cl2F3N2O4S3. The van der Waals surface area contributed by atoms with Crippen molar-refractivity contribution in [2.75, 3.05) is 11.0 Å². The van der Waals surface area contributed by atoms with E-state index in [1.54, 1.807) is 4.72 Å². The Morgan fingerprint density at radius 2 is 1.63 bits per heavy atom. The molecule has 0 amide bonds. The van der Waals surface area contributed by atoms with Crippen LogP contribution in [0.3, 0.4) is 0 Å². The van der Waals surface area contributed by atoms with Gasteiger partial charge in [-0.15, -0.1) is 0 Å². The van der Waals surface area contributed by atoms with Crippen molar-refractivity contribution in [3.8, 4) is 0 Å². The van der Waals surface area contributed by atoms with Gasteiger partial charge < -0.3 is 0 Å². The quantitative estimate of drug-likeness (QED) is 0.636. The van der Waals surface area contributed by atoms with Crippen LogP contribution in [0.2, 0.25) is 10.0 Å². The maximum Gasteiger partial charge on any atom is 0.244 e. The summed E-state index contributed by atoms with van der Waals surface area (Å²) in [6.07, 6.45) is 0.611. The van der Waals surface area contributed by atoms with Crippen LogP contribution in [0.25, 0.3) is 0 Å². The van der Waals surface area contributed by atoms with Crippen molar-refractivity contribution >= 4 is 60.7 Å². The zero-order valence-corrected chi connectivity index (χ0v) is 17.0. The third-order valence-corrected chi connectivity index (χ3v) is 6.24. The summed E-state index contributed by atoms with van der Waals surface area (Å²) in [5, 5.41) is 4.94. The van der Waals surface area contributed by atoms with Gasteiger partial charge in [0.25, 0.3) is 0 Å². The van der Waals surface area contributed by atoms with Gasteiger partial charge in [-0.05, 0) is 18.2 Å². The lowest BCUT2D eigenvalue weighted by Gasteiger charge is -2.16. The fourth-order valence-electron chi connectivity index (χ4n) is 1.91. The van der Waals surface area contributed by atoms with Gasteiger partial charge >= 0.3 is 0 Å². The Kier molecular flexibility index (Phi) is 6.29. The molecule has 148 valence electrons. The first-order valence-corrected chi connectivity index (χ1v) is 11.6. The average Bonchev–Trinajstić information content (AvgIpc) is 2.48. The van der Waals surface area contributed by atoms with Gasteiger partial charge in [0.2, 0.25) is 20.0 Å². The number of rotatable bonds is 5. The van der Waals surface area contributed by atoms with Crippen LogP contribution in [0, 0.1) is 17.5 Å². The fourth-order valence-corrected chi connectivity index (χ4v) is 4.76. The molecule has 14 heteroatoms. The van der Waals surface area contributed by atoms with Crippen molar-refractivity contribution in [3.05, 3.63) is 45.7 Å². The Morgan fingerprint density at radius 3 is 2.11 bits per heavy atom. The molecule has 0 aliphatic rings. The molecule has 2 aromatic rings. The number of sulfonamides is 2. The molecule has 0 atom stereocenters. The second-order valence-electron chi connectivity index (χ2n) is 5.07. The van der Waals surface area contributed by atoms with Crippen molar-refractivity contribution in [1.82, 2.24) is 0 Å². The maximum absolute atomic E-state index is 14.8. The third kappa shape index (κ3) is 5.00. The first-order valence-electron chi connectivity index (χ1n) is 6.56. The molecular weight excluding hydrogens is 472 g/mol. The molecule has 0 heterocycles.